The third kappa shape index (κ3) is 5.92. The zero-order chi connectivity index (χ0) is 25.9. The van der Waals surface area contributed by atoms with Gasteiger partial charge in [-0.05, 0) is 64.7 Å². The van der Waals surface area contributed by atoms with E-state index in [0.29, 0.717) is 26.1 Å². The normalized spacial score (nSPS) is 15.6. The van der Waals surface area contributed by atoms with Crippen molar-refractivity contribution >= 4 is 23.0 Å². The summed E-state index contributed by atoms with van der Waals surface area (Å²) < 4.78 is 13.3. The Labute approximate surface area is 214 Å². The van der Waals surface area contributed by atoms with Crippen molar-refractivity contribution in [2.45, 2.75) is 71.4 Å². The van der Waals surface area contributed by atoms with Crippen LogP contribution in [0.5, 0.6) is 0 Å². The molecule has 0 radical (unpaired) electrons. The quantitative estimate of drug-likeness (QED) is 0.365. The van der Waals surface area contributed by atoms with E-state index in [0.717, 1.165) is 34.9 Å². The molecule has 1 aliphatic heterocycles. The summed E-state index contributed by atoms with van der Waals surface area (Å²) >= 11 is 0. The first-order valence-corrected chi connectivity index (χ1v) is 13.0. The summed E-state index contributed by atoms with van der Waals surface area (Å²) in [4.78, 5) is 27.0. The topological polar surface area (TPSA) is 60.8 Å². The highest BCUT2D eigenvalue weighted by molar-refractivity contribution is 5.86. The summed E-state index contributed by atoms with van der Waals surface area (Å²) in [7, 11) is 0. The zero-order valence-electron chi connectivity index (χ0n) is 22.1. The summed E-state index contributed by atoms with van der Waals surface area (Å²) in [6.45, 7) is 11.3. The van der Waals surface area contributed by atoms with E-state index in [1.54, 1.807) is 0 Å². The van der Waals surface area contributed by atoms with Gasteiger partial charge in [-0.3, -0.25) is 4.79 Å². The highest BCUT2D eigenvalue weighted by Gasteiger charge is 2.30. The Morgan fingerprint density at radius 2 is 1.78 bits per heavy atom. The number of para-hydroxylation sites is 1. The molecule has 1 saturated heterocycles. The fourth-order valence-corrected chi connectivity index (χ4v) is 5.15. The van der Waals surface area contributed by atoms with Crippen molar-refractivity contribution in [3.63, 3.8) is 0 Å². The van der Waals surface area contributed by atoms with E-state index < -0.39 is 5.60 Å². The number of hydrogen-bond acceptors (Lipinski definition) is 4. The highest BCUT2D eigenvalue weighted by atomic mass is 16.6. The number of nitrogens with zero attached hydrogens (tertiary/aromatic N) is 2. The molecule has 1 fully saturated rings. The van der Waals surface area contributed by atoms with Crippen LogP contribution in [0.3, 0.4) is 0 Å². The molecule has 0 N–H and O–H groups in total. The van der Waals surface area contributed by atoms with Crippen molar-refractivity contribution in [3.05, 3.63) is 71.4 Å². The van der Waals surface area contributed by atoms with Crippen molar-refractivity contribution < 1.29 is 19.1 Å². The van der Waals surface area contributed by atoms with Crippen LogP contribution in [0, 0.1) is 6.92 Å². The number of aryl methyl sites for hydroxylation is 1. The van der Waals surface area contributed by atoms with Crippen molar-refractivity contribution in [1.29, 1.82) is 0 Å². The zero-order valence-corrected chi connectivity index (χ0v) is 22.1. The lowest BCUT2D eigenvalue weighted by Crippen LogP contribution is -2.42. The summed E-state index contributed by atoms with van der Waals surface area (Å²) in [6.07, 6.45) is 3.98. The van der Waals surface area contributed by atoms with Gasteiger partial charge in [0.25, 0.3) is 0 Å². The largest absolute Gasteiger partial charge is 0.466 e. The smallest absolute Gasteiger partial charge is 0.410 e. The van der Waals surface area contributed by atoms with E-state index in [2.05, 4.69) is 60.2 Å². The Morgan fingerprint density at radius 3 is 2.44 bits per heavy atom. The molecular formula is C30H38N2O4. The molecule has 0 bridgehead atoms. The SMILES string of the molecule is CCOC(=O)CC(c1cccc(C)c1)c1cn(C2CCN(C(=O)OC(C)(C)C)CC2)c2ccccc12. The van der Waals surface area contributed by atoms with Crippen LogP contribution in [0.2, 0.25) is 0 Å². The molecule has 2 aromatic carbocycles. The average molecular weight is 491 g/mol. The Morgan fingerprint density at radius 1 is 1.06 bits per heavy atom. The summed E-state index contributed by atoms with van der Waals surface area (Å²) in [5.74, 6) is -0.288. The Hall–Kier alpha value is -3.28. The summed E-state index contributed by atoms with van der Waals surface area (Å²) in [5.41, 5.74) is 4.08. The first-order valence-electron chi connectivity index (χ1n) is 13.0. The monoisotopic (exact) mass is 490 g/mol. The first kappa shape index (κ1) is 25.8. The van der Waals surface area contributed by atoms with Gasteiger partial charge in [0.05, 0.1) is 13.0 Å². The number of amides is 1. The van der Waals surface area contributed by atoms with Crippen LogP contribution >= 0.6 is 0 Å². The lowest BCUT2D eigenvalue weighted by Gasteiger charge is -2.34. The molecule has 1 atom stereocenters. The van der Waals surface area contributed by atoms with E-state index >= 15 is 0 Å². The molecule has 0 saturated carbocycles. The van der Waals surface area contributed by atoms with Gasteiger partial charge in [-0.25, -0.2) is 4.79 Å². The van der Waals surface area contributed by atoms with Crippen molar-refractivity contribution in [2.75, 3.05) is 19.7 Å². The van der Waals surface area contributed by atoms with Gasteiger partial charge < -0.3 is 18.9 Å². The second-order valence-electron chi connectivity index (χ2n) is 10.7. The minimum atomic E-state index is -0.497. The maximum Gasteiger partial charge on any atom is 0.410 e. The standard InChI is InChI=1S/C30H38N2O4/c1-6-35-28(33)19-25(22-11-9-10-21(2)18-22)26-20-32(27-13-8-7-12-24(26)27)23-14-16-31(17-15-23)29(34)36-30(3,4)5/h7-13,18,20,23,25H,6,14-17,19H2,1-5H3. The fourth-order valence-electron chi connectivity index (χ4n) is 5.15. The average Bonchev–Trinajstić information content (AvgIpc) is 3.21. The molecule has 0 spiro atoms. The van der Waals surface area contributed by atoms with Gasteiger partial charge in [0.15, 0.2) is 0 Å². The number of rotatable bonds is 6. The predicted octanol–water partition coefficient (Wildman–Crippen LogP) is 6.61. The second-order valence-corrected chi connectivity index (χ2v) is 10.7. The van der Waals surface area contributed by atoms with Gasteiger partial charge in [0, 0.05) is 42.1 Å². The van der Waals surface area contributed by atoms with Gasteiger partial charge in [-0.1, -0.05) is 48.0 Å². The number of esters is 1. The second kappa shape index (κ2) is 10.8. The lowest BCUT2D eigenvalue weighted by atomic mass is 9.87. The summed E-state index contributed by atoms with van der Waals surface area (Å²) in [5, 5.41) is 1.16. The molecule has 6 nitrogen and oxygen atoms in total. The lowest BCUT2D eigenvalue weighted by molar-refractivity contribution is -0.143. The maximum atomic E-state index is 12.7. The van der Waals surface area contributed by atoms with E-state index in [-0.39, 0.29) is 24.0 Å². The third-order valence-electron chi connectivity index (χ3n) is 6.78. The summed E-state index contributed by atoms with van der Waals surface area (Å²) in [6, 6.07) is 17.1. The van der Waals surface area contributed by atoms with Crippen LogP contribution in [0.25, 0.3) is 10.9 Å². The molecule has 1 amide bonds. The molecular weight excluding hydrogens is 452 g/mol. The van der Waals surface area contributed by atoms with Crippen molar-refractivity contribution in [2.24, 2.45) is 0 Å². The van der Waals surface area contributed by atoms with Crippen LogP contribution in [0.4, 0.5) is 4.79 Å². The molecule has 192 valence electrons. The Balaban J connectivity index is 1.65. The molecule has 36 heavy (non-hydrogen) atoms. The molecule has 1 unspecified atom stereocenters. The van der Waals surface area contributed by atoms with Crippen molar-refractivity contribution in [3.8, 4) is 0 Å². The molecule has 4 rings (SSSR count). The van der Waals surface area contributed by atoms with E-state index in [4.69, 9.17) is 9.47 Å². The van der Waals surface area contributed by atoms with Gasteiger partial charge in [0.2, 0.25) is 0 Å². The Bertz CT molecular complexity index is 1220. The predicted molar refractivity (Wildman–Crippen MR) is 142 cm³/mol. The molecule has 3 aromatic rings. The third-order valence-corrected chi connectivity index (χ3v) is 6.78. The molecule has 2 heterocycles. The van der Waals surface area contributed by atoms with E-state index in [1.165, 1.54) is 5.56 Å². The minimum absolute atomic E-state index is 0.100. The number of carbonyl (C=O) groups excluding carboxylic acids is 2. The number of piperidine rings is 1. The van der Waals surface area contributed by atoms with E-state index in [1.807, 2.05) is 38.7 Å². The number of benzene rings is 2. The number of carbonyl (C=O) groups is 2. The van der Waals surface area contributed by atoms with Gasteiger partial charge in [-0.2, -0.15) is 0 Å². The fraction of sp³-hybridized carbons (Fsp3) is 0.467. The number of likely N-dealkylation sites (tertiary alicyclic amines) is 1. The van der Waals surface area contributed by atoms with Gasteiger partial charge in [-0.15, -0.1) is 0 Å². The van der Waals surface area contributed by atoms with E-state index in [9.17, 15) is 9.59 Å². The van der Waals surface area contributed by atoms with Crippen LogP contribution in [-0.4, -0.2) is 46.8 Å². The molecule has 6 heteroatoms. The van der Waals surface area contributed by atoms with Gasteiger partial charge >= 0.3 is 12.1 Å². The van der Waals surface area contributed by atoms with Gasteiger partial charge in [0.1, 0.15) is 5.60 Å². The number of hydrogen-bond donors (Lipinski definition) is 0. The van der Waals surface area contributed by atoms with Crippen LogP contribution in [-0.2, 0) is 14.3 Å². The van der Waals surface area contributed by atoms with Crippen LogP contribution < -0.4 is 0 Å². The van der Waals surface area contributed by atoms with Crippen LogP contribution in [0.15, 0.2) is 54.7 Å². The maximum absolute atomic E-state index is 12.7. The highest BCUT2D eigenvalue weighted by Crippen LogP contribution is 2.38. The molecule has 1 aliphatic rings. The minimum Gasteiger partial charge on any atom is -0.466 e. The first-order chi connectivity index (χ1) is 17.2. The van der Waals surface area contributed by atoms with Crippen LogP contribution in [0.1, 0.15) is 75.6 Å². The number of ether oxygens (including phenoxy) is 2. The Kier molecular flexibility index (Phi) is 7.72. The number of aromatic nitrogens is 1. The molecule has 0 aliphatic carbocycles. The number of fused-ring (bicyclic) bond motifs is 1. The van der Waals surface area contributed by atoms with Crippen molar-refractivity contribution in [1.82, 2.24) is 9.47 Å². The molecule has 1 aromatic heterocycles.